The SMILES string of the molecule is CCOC1=CC(=Cc2c(N)n3c(SCC)nsc3nc2=O)C=CC1=O. The predicted octanol–water partition coefficient (Wildman–Crippen LogP) is 2.29. The van der Waals surface area contributed by atoms with Gasteiger partial charge in [0.15, 0.2) is 10.9 Å². The zero-order chi connectivity index (χ0) is 18.0. The minimum Gasteiger partial charge on any atom is -0.490 e. The number of fused-ring (bicyclic) bond motifs is 1. The Morgan fingerprint density at radius 1 is 1.36 bits per heavy atom. The summed E-state index contributed by atoms with van der Waals surface area (Å²) >= 11 is 2.66. The highest BCUT2D eigenvalue weighted by molar-refractivity contribution is 7.99. The number of aromatic nitrogens is 3. The molecule has 9 heteroatoms. The molecule has 25 heavy (non-hydrogen) atoms. The highest BCUT2D eigenvalue weighted by atomic mass is 32.2. The molecule has 130 valence electrons. The highest BCUT2D eigenvalue weighted by Gasteiger charge is 2.17. The first-order valence-electron chi connectivity index (χ1n) is 7.64. The predicted molar refractivity (Wildman–Crippen MR) is 99.8 cm³/mol. The molecular formula is C16H16N4O3S2. The van der Waals surface area contributed by atoms with Crippen LogP contribution in [0.25, 0.3) is 11.0 Å². The number of carbonyl (C=O) groups excluding carboxylic acids is 1. The lowest BCUT2D eigenvalue weighted by atomic mass is 10.0. The molecule has 0 spiro atoms. The minimum absolute atomic E-state index is 0.207. The van der Waals surface area contributed by atoms with Gasteiger partial charge in [0.25, 0.3) is 5.56 Å². The third kappa shape index (κ3) is 3.38. The summed E-state index contributed by atoms with van der Waals surface area (Å²) in [6.07, 6.45) is 6.22. The Morgan fingerprint density at radius 2 is 2.16 bits per heavy atom. The van der Waals surface area contributed by atoms with Crippen LogP contribution in [0.3, 0.4) is 0 Å². The van der Waals surface area contributed by atoms with Crippen molar-refractivity contribution < 1.29 is 9.53 Å². The van der Waals surface area contributed by atoms with Gasteiger partial charge in [-0.25, -0.2) is 4.40 Å². The summed E-state index contributed by atoms with van der Waals surface area (Å²) in [6.45, 7) is 4.19. The number of thioether (sulfide) groups is 1. The molecule has 2 heterocycles. The summed E-state index contributed by atoms with van der Waals surface area (Å²) < 4.78 is 11.3. The van der Waals surface area contributed by atoms with Crippen LogP contribution in [0.2, 0.25) is 0 Å². The van der Waals surface area contributed by atoms with Gasteiger partial charge in [-0.1, -0.05) is 24.8 Å². The van der Waals surface area contributed by atoms with Gasteiger partial charge in [0.05, 0.1) is 12.2 Å². The number of nitrogens with zero attached hydrogens (tertiary/aromatic N) is 3. The van der Waals surface area contributed by atoms with Crippen LogP contribution in [0.5, 0.6) is 0 Å². The number of carbonyl (C=O) groups is 1. The quantitative estimate of drug-likeness (QED) is 0.799. The number of hydrogen-bond acceptors (Lipinski definition) is 8. The van der Waals surface area contributed by atoms with Gasteiger partial charge in [0, 0.05) is 11.5 Å². The van der Waals surface area contributed by atoms with Crippen molar-refractivity contribution in [1.29, 1.82) is 0 Å². The molecule has 0 bridgehead atoms. The Hall–Kier alpha value is -2.39. The number of rotatable bonds is 5. The Morgan fingerprint density at radius 3 is 2.88 bits per heavy atom. The van der Waals surface area contributed by atoms with E-state index in [0.717, 1.165) is 17.3 Å². The number of hydrogen-bond donors (Lipinski definition) is 1. The first-order chi connectivity index (χ1) is 12.0. The van der Waals surface area contributed by atoms with Gasteiger partial charge < -0.3 is 10.5 Å². The van der Waals surface area contributed by atoms with Crippen LogP contribution in [0, 0.1) is 0 Å². The van der Waals surface area contributed by atoms with Gasteiger partial charge in [-0.05, 0) is 36.5 Å². The maximum atomic E-state index is 12.3. The average Bonchev–Trinajstić information content (AvgIpc) is 2.97. The molecule has 0 radical (unpaired) electrons. The standard InChI is InChI=1S/C16H16N4O3S2/c1-3-23-12-8-9(5-6-11(12)21)7-10-13(17)20-15(18-14(10)22)25-19-16(20)24-4-2/h5-8H,3-4,17H2,1-2H3. The van der Waals surface area contributed by atoms with E-state index in [1.54, 1.807) is 29.6 Å². The third-order valence-corrected chi connectivity index (χ3v) is 5.02. The molecule has 0 saturated carbocycles. The summed E-state index contributed by atoms with van der Waals surface area (Å²) in [5.41, 5.74) is 6.69. The normalized spacial score (nSPS) is 15.8. The molecule has 0 amide bonds. The zero-order valence-corrected chi connectivity index (χ0v) is 15.3. The second-order valence-electron chi connectivity index (χ2n) is 5.02. The van der Waals surface area contributed by atoms with Gasteiger partial charge >= 0.3 is 0 Å². The van der Waals surface area contributed by atoms with E-state index >= 15 is 0 Å². The van der Waals surface area contributed by atoms with E-state index in [9.17, 15) is 9.59 Å². The fourth-order valence-electron chi connectivity index (χ4n) is 2.30. The number of ketones is 1. The Bertz CT molecular complexity index is 985. The van der Waals surface area contributed by atoms with E-state index in [-0.39, 0.29) is 22.9 Å². The van der Waals surface area contributed by atoms with Crippen LogP contribution >= 0.6 is 23.3 Å². The van der Waals surface area contributed by atoms with Crippen molar-refractivity contribution in [1.82, 2.24) is 13.8 Å². The lowest BCUT2D eigenvalue weighted by Crippen LogP contribution is -2.17. The molecule has 1 aliphatic rings. The number of nitrogen functional groups attached to an aromatic ring is 1. The molecule has 2 aromatic rings. The van der Waals surface area contributed by atoms with Crippen LogP contribution in [0.1, 0.15) is 19.4 Å². The molecule has 0 unspecified atom stereocenters. The minimum atomic E-state index is -0.432. The number of anilines is 1. The Balaban J connectivity index is 2.12. The summed E-state index contributed by atoms with van der Waals surface area (Å²) in [6, 6.07) is 0. The van der Waals surface area contributed by atoms with Crippen molar-refractivity contribution in [2.75, 3.05) is 18.1 Å². The lowest BCUT2D eigenvalue weighted by molar-refractivity contribution is -0.114. The second-order valence-corrected chi connectivity index (χ2v) is 6.98. The van der Waals surface area contributed by atoms with Crippen LogP contribution in [0.4, 0.5) is 5.82 Å². The van der Waals surface area contributed by atoms with E-state index in [4.69, 9.17) is 10.5 Å². The molecule has 7 nitrogen and oxygen atoms in total. The number of ether oxygens (including phenoxy) is 1. The van der Waals surface area contributed by atoms with Crippen LogP contribution in [-0.4, -0.2) is 31.9 Å². The van der Waals surface area contributed by atoms with Gasteiger partial charge in [0.1, 0.15) is 5.82 Å². The van der Waals surface area contributed by atoms with E-state index in [1.165, 1.54) is 17.8 Å². The molecule has 2 aromatic heterocycles. The van der Waals surface area contributed by atoms with E-state index < -0.39 is 5.56 Å². The summed E-state index contributed by atoms with van der Waals surface area (Å²) in [7, 11) is 0. The molecule has 0 aromatic carbocycles. The van der Waals surface area contributed by atoms with Gasteiger partial charge in [0.2, 0.25) is 10.7 Å². The lowest BCUT2D eigenvalue weighted by Gasteiger charge is -2.10. The Kier molecular flexibility index (Phi) is 5.05. The van der Waals surface area contributed by atoms with Crippen molar-refractivity contribution in [2.45, 2.75) is 19.0 Å². The first-order valence-corrected chi connectivity index (χ1v) is 9.40. The fourth-order valence-corrected chi connectivity index (χ4v) is 3.89. The van der Waals surface area contributed by atoms with Gasteiger partial charge in [-0.3, -0.25) is 9.59 Å². The first kappa shape index (κ1) is 17.4. The molecule has 0 fully saturated rings. The molecule has 2 N–H and O–H groups in total. The van der Waals surface area contributed by atoms with Gasteiger partial charge in [-0.2, -0.15) is 9.36 Å². The Labute approximate surface area is 152 Å². The summed E-state index contributed by atoms with van der Waals surface area (Å²) in [4.78, 5) is 28.6. The molecule has 0 saturated heterocycles. The van der Waals surface area contributed by atoms with E-state index in [2.05, 4.69) is 9.36 Å². The smallest absolute Gasteiger partial charge is 0.283 e. The van der Waals surface area contributed by atoms with Gasteiger partial charge in [-0.15, -0.1) is 0 Å². The monoisotopic (exact) mass is 376 g/mol. The van der Waals surface area contributed by atoms with Crippen LogP contribution in [-0.2, 0) is 9.53 Å². The largest absolute Gasteiger partial charge is 0.490 e. The van der Waals surface area contributed by atoms with Crippen molar-refractivity contribution in [3.05, 3.63) is 45.5 Å². The molecule has 0 aliphatic heterocycles. The number of nitrogens with two attached hydrogens (primary N) is 1. The highest BCUT2D eigenvalue weighted by Crippen LogP contribution is 2.25. The summed E-state index contributed by atoms with van der Waals surface area (Å²) in [5, 5.41) is 0.701. The summed E-state index contributed by atoms with van der Waals surface area (Å²) in [5.74, 6) is 1.14. The van der Waals surface area contributed by atoms with Crippen molar-refractivity contribution in [3.8, 4) is 0 Å². The second kappa shape index (κ2) is 7.24. The third-order valence-electron chi connectivity index (χ3n) is 3.38. The molecular weight excluding hydrogens is 360 g/mol. The van der Waals surface area contributed by atoms with E-state index in [1.807, 2.05) is 6.92 Å². The average molecular weight is 376 g/mol. The molecule has 1 aliphatic carbocycles. The number of allylic oxidation sites excluding steroid dienone is 4. The fraction of sp³-hybridized carbons (Fsp3) is 0.250. The van der Waals surface area contributed by atoms with Crippen LogP contribution < -0.4 is 11.3 Å². The molecule has 3 rings (SSSR count). The van der Waals surface area contributed by atoms with Crippen molar-refractivity contribution in [3.63, 3.8) is 0 Å². The zero-order valence-electron chi connectivity index (χ0n) is 13.7. The van der Waals surface area contributed by atoms with Crippen molar-refractivity contribution in [2.24, 2.45) is 0 Å². The maximum Gasteiger partial charge on any atom is 0.283 e. The maximum absolute atomic E-state index is 12.3. The topological polar surface area (TPSA) is 99.6 Å². The molecule has 0 atom stereocenters. The van der Waals surface area contributed by atoms with Crippen molar-refractivity contribution >= 4 is 45.9 Å². The van der Waals surface area contributed by atoms with Crippen LogP contribution in [0.15, 0.2) is 39.5 Å². The van der Waals surface area contributed by atoms with E-state index in [0.29, 0.717) is 22.3 Å².